The van der Waals surface area contributed by atoms with Crippen molar-refractivity contribution in [1.29, 1.82) is 5.26 Å². The molecule has 0 spiro atoms. The highest BCUT2D eigenvalue weighted by atomic mass is 32.1. The van der Waals surface area contributed by atoms with Crippen molar-refractivity contribution >= 4 is 33.1 Å². The van der Waals surface area contributed by atoms with Gasteiger partial charge >= 0.3 is 0 Å². The first-order chi connectivity index (χ1) is 12.8. The van der Waals surface area contributed by atoms with Crippen LogP contribution in [0.4, 0.5) is 11.5 Å². The number of fused-ring (bicyclic) bond motifs is 1. The lowest BCUT2D eigenvalue weighted by molar-refractivity contribution is 0.415. The molecule has 0 atom stereocenters. The molecule has 0 amide bonds. The third-order valence-corrected chi connectivity index (χ3v) is 5.12. The molecule has 0 fully saturated rings. The van der Waals surface area contributed by atoms with Crippen molar-refractivity contribution in [2.24, 2.45) is 0 Å². The van der Waals surface area contributed by atoms with E-state index >= 15 is 0 Å². The summed E-state index contributed by atoms with van der Waals surface area (Å²) in [6, 6.07) is 19.4. The Morgan fingerprint density at radius 1 is 1.08 bits per heavy atom. The van der Waals surface area contributed by atoms with Gasteiger partial charge in [-0.15, -0.1) is 11.3 Å². The molecule has 0 radical (unpaired) electrons. The van der Waals surface area contributed by atoms with E-state index < -0.39 is 0 Å². The van der Waals surface area contributed by atoms with Gasteiger partial charge in [-0.25, -0.2) is 9.97 Å². The average Bonchev–Trinajstić information content (AvgIpc) is 3.13. The van der Waals surface area contributed by atoms with Gasteiger partial charge in [0.2, 0.25) is 0 Å². The second kappa shape index (κ2) is 6.82. The minimum absolute atomic E-state index is 0.648. The van der Waals surface area contributed by atoms with E-state index in [0.717, 1.165) is 37.9 Å². The molecule has 0 saturated heterocycles. The van der Waals surface area contributed by atoms with Crippen LogP contribution in [0.1, 0.15) is 5.56 Å². The molecule has 6 heteroatoms. The van der Waals surface area contributed by atoms with Crippen LogP contribution in [-0.4, -0.2) is 17.1 Å². The molecule has 5 nitrogen and oxygen atoms in total. The lowest BCUT2D eigenvalue weighted by atomic mass is 10.1. The number of rotatable bonds is 4. The molecule has 26 heavy (non-hydrogen) atoms. The number of anilines is 2. The molecule has 126 valence electrons. The zero-order valence-electron chi connectivity index (χ0n) is 13.9. The van der Waals surface area contributed by atoms with Crippen molar-refractivity contribution in [3.05, 3.63) is 66.5 Å². The number of nitrogens with zero attached hydrogens (tertiary/aromatic N) is 3. The highest BCUT2D eigenvalue weighted by Gasteiger charge is 2.11. The number of nitrogens with one attached hydrogen (secondary N) is 1. The number of nitriles is 1. The molecule has 0 aliphatic carbocycles. The molecule has 2 aromatic heterocycles. The van der Waals surface area contributed by atoms with E-state index in [9.17, 15) is 0 Å². The molecule has 0 aliphatic heterocycles. The SMILES string of the molecule is COc1cccc(Nc2ncnc3cc(-c4ccc(C#N)cc4)sc23)c1. The highest BCUT2D eigenvalue weighted by Crippen LogP contribution is 2.36. The van der Waals surface area contributed by atoms with Crippen molar-refractivity contribution in [1.82, 2.24) is 9.97 Å². The third kappa shape index (κ3) is 3.08. The summed E-state index contributed by atoms with van der Waals surface area (Å²) in [5, 5.41) is 12.3. The quantitative estimate of drug-likeness (QED) is 0.557. The van der Waals surface area contributed by atoms with E-state index in [0.29, 0.717) is 5.56 Å². The van der Waals surface area contributed by atoms with E-state index in [-0.39, 0.29) is 0 Å². The molecule has 1 N–H and O–H groups in total. The number of ether oxygens (including phenoxy) is 1. The van der Waals surface area contributed by atoms with Crippen LogP contribution in [0.2, 0.25) is 0 Å². The summed E-state index contributed by atoms with van der Waals surface area (Å²) in [5.41, 5.74) is 3.49. The summed E-state index contributed by atoms with van der Waals surface area (Å²) in [7, 11) is 1.64. The largest absolute Gasteiger partial charge is 0.497 e. The Hall–Kier alpha value is -3.43. The number of thiophene rings is 1. The van der Waals surface area contributed by atoms with Crippen LogP contribution in [0, 0.1) is 11.3 Å². The Bertz CT molecular complexity index is 1110. The van der Waals surface area contributed by atoms with Gasteiger partial charge in [0.05, 0.1) is 29.0 Å². The normalized spacial score (nSPS) is 10.5. The molecule has 2 aromatic carbocycles. The second-order valence-corrected chi connectivity index (χ2v) is 6.65. The Morgan fingerprint density at radius 3 is 2.69 bits per heavy atom. The minimum Gasteiger partial charge on any atom is -0.497 e. The fourth-order valence-electron chi connectivity index (χ4n) is 2.63. The second-order valence-electron chi connectivity index (χ2n) is 5.59. The van der Waals surface area contributed by atoms with Crippen LogP contribution in [0.25, 0.3) is 20.7 Å². The van der Waals surface area contributed by atoms with Gasteiger partial charge in [-0.05, 0) is 35.9 Å². The van der Waals surface area contributed by atoms with Crippen molar-refractivity contribution in [2.75, 3.05) is 12.4 Å². The molecular formula is C20H14N4OS. The Balaban J connectivity index is 1.72. The Kier molecular flexibility index (Phi) is 4.22. The summed E-state index contributed by atoms with van der Waals surface area (Å²) in [4.78, 5) is 9.86. The van der Waals surface area contributed by atoms with Gasteiger partial charge in [-0.1, -0.05) is 18.2 Å². The lowest BCUT2D eigenvalue weighted by Gasteiger charge is -2.07. The summed E-state index contributed by atoms with van der Waals surface area (Å²) in [6.07, 6.45) is 1.56. The van der Waals surface area contributed by atoms with Crippen LogP contribution < -0.4 is 10.1 Å². The Morgan fingerprint density at radius 2 is 1.92 bits per heavy atom. The fourth-order valence-corrected chi connectivity index (χ4v) is 3.69. The molecule has 0 aliphatic rings. The first-order valence-electron chi connectivity index (χ1n) is 7.93. The summed E-state index contributed by atoms with van der Waals surface area (Å²) >= 11 is 1.62. The zero-order chi connectivity index (χ0) is 17.9. The molecular weight excluding hydrogens is 344 g/mol. The summed E-state index contributed by atoms with van der Waals surface area (Å²) in [5.74, 6) is 1.54. The number of methoxy groups -OCH3 is 1. The minimum atomic E-state index is 0.648. The maximum absolute atomic E-state index is 8.94. The van der Waals surface area contributed by atoms with Gasteiger partial charge in [0.25, 0.3) is 0 Å². The summed E-state index contributed by atoms with van der Waals surface area (Å²) < 4.78 is 6.25. The molecule has 0 bridgehead atoms. The standard InChI is InChI=1S/C20H14N4OS/c1-25-16-4-2-3-15(9-16)24-20-19-17(22-12-23-20)10-18(26-19)14-7-5-13(11-21)6-8-14/h2-10,12H,1H3,(H,22,23,24). The van der Waals surface area contributed by atoms with Crippen LogP contribution in [-0.2, 0) is 0 Å². The zero-order valence-corrected chi connectivity index (χ0v) is 14.7. The maximum atomic E-state index is 8.94. The lowest BCUT2D eigenvalue weighted by Crippen LogP contribution is -1.94. The monoisotopic (exact) mass is 358 g/mol. The topological polar surface area (TPSA) is 70.8 Å². The highest BCUT2D eigenvalue weighted by molar-refractivity contribution is 7.22. The molecule has 0 unspecified atom stereocenters. The van der Waals surface area contributed by atoms with E-state index in [4.69, 9.17) is 10.00 Å². The first kappa shape index (κ1) is 16.1. The summed E-state index contributed by atoms with van der Waals surface area (Å²) in [6.45, 7) is 0. The predicted molar refractivity (Wildman–Crippen MR) is 104 cm³/mol. The van der Waals surface area contributed by atoms with E-state index in [1.54, 1.807) is 24.8 Å². The van der Waals surface area contributed by atoms with E-state index in [1.165, 1.54) is 0 Å². The molecule has 2 heterocycles. The van der Waals surface area contributed by atoms with Gasteiger partial charge in [0.15, 0.2) is 5.82 Å². The van der Waals surface area contributed by atoms with Gasteiger partial charge in [-0.2, -0.15) is 5.26 Å². The molecule has 0 saturated carbocycles. The predicted octanol–water partition coefficient (Wildman–Crippen LogP) is 4.98. The smallest absolute Gasteiger partial charge is 0.151 e. The fraction of sp³-hybridized carbons (Fsp3) is 0.0500. The van der Waals surface area contributed by atoms with Gasteiger partial charge in [0, 0.05) is 16.6 Å². The third-order valence-electron chi connectivity index (χ3n) is 3.94. The van der Waals surface area contributed by atoms with Gasteiger partial charge in [-0.3, -0.25) is 0 Å². The van der Waals surface area contributed by atoms with Crippen LogP contribution in [0.15, 0.2) is 60.9 Å². The van der Waals surface area contributed by atoms with E-state index in [1.807, 2.05) is 54.6 Å². The van der Waals surface area contributed by atoms with E-state index in [2.05, 4.69) is 21.4 Å². The average molecular weight is 358 g/mol. The number of benzene rings is 2. The van der Waals surface area contributed by atoms with Crippen molar-refractivity contribution < 1.29 is 4.74 Å². The molecule has 4 aromatic rings. The Labute approximate surface area is 154 Å². The van der Waals surface area contributed by atoms with Crippen LogP contribution in [0.5, 0.6) is 5.75 Å². The van der Waals surface area contributed by atoms with Crippen molar-refractivity contribution in [3.63, 3.8) is 0 Å². The number of hydrogen-bond donors (Lipinski definition) is 1. The van der Waals surface area contributed by atoms with Gasteiger partial charge in [0.1, 0.15) is 12.1 Å². The van der Waals surface area contributed by atoms with Crippen LogP contribution >= 0.6 is 11.3 Å². The first-order valence-corrected chi connectivity index (χ1v) is 8.74. The number of hydrogen-bond acceptors (Lipinski definition) is 6. The maximum Gasteiger partial charge on any atom is 0.151 e. The van der Waals surface area contributed by atoms with Crippen LogP contribution in [0.3, 0.4) is 0 Å². The van der Waals surface area contributed by atoms with Crippen molar-refractivity contribution in [2.45, 2.75) is 0 Å². The number of aromatic nitrogens is 2. The molecule has 4 rings (SSSR count). The van der Waals surface area contributed by atoms with Gasteiger partial charge < -0.3 is 10.1 Å². The van der Waals surface area contributed by atoms with Crippen molar-refractivity contribution in [3.8, 4) is 22.3 Å².